The molecule has 118 valence electrons. The summed E-state index contributed by atoms with van der Waals surface area (Å²) in [5.74, 6) is -1.11. The number of halogens is 1. The van der Waals surface area contributed by atoms with Crippen molar-refractivity contribution in [3.63, 3.8) is 0 Å². The second-order valence-corrected chi connectivity index (χ2v) is 5.47. The first-order valence-corrected chi connectivity index (χ1v) is 7.32. The van der Waals surface area contributed by atoms with Crippen molar-refractivity contribution in [2.75, 3.05) is 12.4 Å². The Bertz CT molecular complexity index is 760. The molecule has 3 rings (SSSR count). The molecule has 1 aliphatic rings. The molecule has 0 unspecified atom stereocenters. The van der Waals surface area contributed by atoms with E-state index in [4.69, 9.17) is 4.74 Å². The van der Waals surface area contributed by atoms with Gasteiger partial charge < -0.3 is 10.1 Å². The number of amides is 1. The number of benzene rings is 2. The van der Waals surface area contributed by atoms with E-state index >= 15 is 4.39 Å². The maximum absolute atomic E-state index is 15.1. The highest BCUT2D eigenvalue weighted by atomic mass is 19.1. The van der Waals surface area contributed by atoms with Gasteiger partial charge in [0.05, 0.1) is 7.11 Å². The second-order valence-electron chi connectivity index (χ2n) is 5.47. The van der Waals surface area contributed by atoms with Crippen LogP contribution < -0.4 is 10.1 Å². The predicted molar refractivity (Wildman–Crippen MR) is 84.6 cm³/mol. The van der Waals surface area contributed by atoms with Crippen molar-refractivity contribution < 1.29 is 18.7 Å². The van der Waals surface area contributed by atoms with Crippen molar-refractivity contribution in [1.29, 1.82) is 0 Å². The zero-order valence-electron chi connectivity index (χ0n) is 12.6. The Labute approximate surface area is 133 Å². The smallest absolute Gasteiger partial charge is 0.270 e. The number of hydrogen-bond acceptors (Lipinski definition) is 3. The largest absolute Gasteiger partial charge is 0.497 e. The molecule has 0 heterocycles. The number of nitrogens with one attached hydrogen (secondary N) is 1. The maximum Gasteiger partial charge on any atom is 0.270 e. The lowest BCUT2D eigenvalue weighted by atomic mass is 9.80. The molecule has 5 heteroatoms. The van der Waals surface area contributed by atoms with Crippen molar-refractivity contribution in [2.24, 2.45) is 0 Å². The van der Waals surface area contributed by atoms with Crippen molar-refractivity contribution in [1.82, 2.24) is 0 Å². The maximum atomic E-state index is 15.1. The number of aryl methyl sites for hydroxylation is 1. The SMILES string of the molecule is COc1ccc2c(c1)CC[C@@](F)(C(=O)Nc1ccccc1)C2=O. The first kappa shape index (κ1) is 15.2. The summed E-state index contributed by atoms with van der Waals surface area (Å²) >= 11 is 0. The first-order chi connectivity index (χ1) is 11.0. The fourth-order valence-electron chi connectivity index (χ4n) is 2.73. The molecule has 2 aromatic carbocycles. The Morgan fingerprint density at radius 1 is 1.22 bits per heavy atom. The minimum atomic E-state index is -2.54. The van der Waals surface area contributed by atoms with E-state index in [1.54, 1.807) is 42.5 Å². The molecule has 0 saturated carbocycles. The summed E-state index contributed by atoms with van der Waals surface area (Å²) in [7, 11) is 1.53. The summed E-state index contributed by atoms with van der Waals surface area (Å²) in [6.45, 7) is 0. The van der Waals surface area contributed by atoms with Gasteiger partial charge in [0, 0.05) is 17.7 Å². The minimum absolute atomic E-state index is 0.176. The number of rotatable bonds is 3. The van der Waals surface area contributed by atoms with Gasteiger partial charge in [0.1, 0.15) is 5.75 Å². The Kier molecular flexibility index (Phi) is 3.86. The number of Topliss-reactive ketones (excluding diaryl/α,β-unsaturated/α-hetero) is 1. The molecule has 0 aliphatic heterocycles. The monoisotopic (exact) mass is 313 g/mol. The summed E-state index contributed by atoms with van der Waals surface area (Å²) in [6, 6.07) is 13.4. The third kappa shape index (κ3) is 2.70. The lowest BCUT2D eigenvalue weighted by molar-refractivity contribution is -0.125. The van der Waals surface area contributed by atoms with Crippen LogP contribution in [0.3, 0.4) is 0 Å². The number of fused-ring (bicyclic) bond motifs is 1. The molecule has 0 aromatic heterocycles. The summed E-state index contributed by atoms with van der Waals surface area (Å²) in [5, 5.41) is 2.48. The molecule has 0 fully saturated rings. The topological polar surface area (TPSA) is 55.4 Å². The number of ketones is 1. The molecule has 0 saturated heterocycles. The van der Waals surface area contributed by atoms with Crippen LogP contribution in [0.4, 0.5) is 10.1 Å². The van der Waals surface area contributed by atoms with Gasteiger partial charge >= 0.3 is 0 Å². The van der Waals surface area contributed by atoms with E-state index in [-0.39, 0.29) is 12.0 Å². The van der Waals surface area contributed by atoms with Gasteiger partial charge in [0.25, 0.3) is 11.6 Å². The van der Waals surface area contributed by atoms with E-state index in [0.29, 0.717) is 23.4 Å². The van der Waals surface area contributed by atoms with Gasteiger partial charge in [0.15, 0.2) is 0 Å². The van der Waals surface area contributed by atoms with Crippen LogP contribution in [0.25, 0.3) is 0 Å². The van der Waals surface area contributed by atoms with E-state index in [2.05, 4.69) is 5.32 Å². The summed E-state index contributed by atoms with van der Waals surface area (Å²) in [4.78, 5) is 24.8. The third-order valence-corrected chi connectivity index (χ3v) is 4.05. The standard InChI is InChI=1S/C18H16FNO3/c1-23-14-7-8-15-12(11-14)9-10-18(19,16(15)21)17(22)20-13-5-3-2-4-6-13/h2-8,11H,9-10H2,1H3,(H,20,22)/t18-/m0/s1. The highest BCUT2D eigenvalue weighted by Crippen LogP contribution is 2.34. The van der Waals surface area contributed by atoms with Crippen LogP contribution in [0.5, 0.6) is 5.75 Å². The number of ether oxygens (including phenoxy) is 1. The van der Waals surface area contributed by atoms with Crippen molar-refractivity contribution in [3.05, 3.63) is 59.7 Å². The number of para-hydroxylation sites is 1. The lowest BCUT2D eigenvalue weighted by Gasteiger charge is -2.28. The van der Waals surface area contributed by atoms with Gasteiger partial charge in [-0.05, 0) is 42.3 Å². The minimum Gasteiger partial charge on any atom is -0.497 e. The van der Waals surface area contributed by atoms with Gasteiger partial charge in [-0.15, -0.1) is 0 Å². The fourth-order valence-corrected chi connectivity index (χ4v) is 2.73. The molecule has 0 bridgehead atoms. The molecule has 0 radical (unpaired) electrons. The molecule has 1 atom stereocenters. The summed E-state index contributed by atoms with van der Waals surface area (Å²) in [5.41, 5.74) is -1.14. The molecule has 0 spiro atoms. The van der Waals surface area contributed by atoms with Crippen molar-refractivity contribution in [3.8, 4) is 5.75 Å². The Morgan fingerprint density at radius 2 is 1.96 bits per heavy atom. The van der Waals surface area contributed by atoms with E-state index in [1.807, 2.05) is 0 Å². The number of alkyl halides is 1. The second kappa shape index (κ2) is 5.83. The highest BCUT2D eigenvalue weighted by molar-refractivity contribution is 6.21. The van der Waals surface area contributed by atoms with Gasteiger partial charge in [-0.25, -0.2) is 4.39 Å². The van der Waals surface area contributed by atoms with Gasteiger partial charge in [0.2, 0.25) is 5.78 Å². The van der Waals surface area contributed by atoms with E-state index in [1.165, 1.54) is 13.2 Å². The predicted octanol–water partition coefficient (Wildman–Crippen LogP) is 3.17. The number of methoxy groups -OCH3 is 1. The summed E-state index contributed by atoms with van der Waals surface area (Å²) < 4.78 is 20.2. The Hall–Kier alpha value is -2.69. The van der Waals surface area contributed by atoms with Crippen molar-refractivity contribution >= 4 is 17.4 Å². The zero-order chi connectivity index (χ0) is 16.4. The van der Waals surface area contributed by atoms with E-state index in [0.717, 1.165) is 0 Å². The number of anilines is 1. The molecule has 1 aliphatic carbocycles. The fraction of sp³-hybridized carbons (Fsp3) is 0.222. The number of hydrogen-bond donors (Lipinski definition) is 1. The Balaban J connectivity index is 1.87. The lowest BCUT2D eigenvalue weighted by Crippen LogP contribution is -2.48. The average molecular weight is 313 g/mol. The summed E-state index contributed by atoms with van der Waals surface area (Å²) in [6.07, 6.45) is 0.127. The van der Waals surface area contributed by atoms with E-state index in [9.17, 15) is 9.59 Å². The molecular weight excluding hydrogens is 297 g/mol. The van der Waals surface area contributed by atoms with Crippen LogP contribution in [-0.2, 0) is 11.2 Å². The normalized spacial score (nSPS) is 19.8. The zero-order valence-corrected chi connectivity index (χ0v) is 12.6. The van der Waals surface area contributed by atoms with Gasteiger partial charge in [-0.1, -0.05) is 18.2 Å². The van der Waals surface area contributed by atoms with Crippen LogP contribution in [0.15, 0.2) is 48.5 Å². The van der Waals surface area contributed by atoms with Gasteiger partial charge in [-0.2, -0.15) is 0 Å². The van der Waals surface area contributed by atoms with Crippen LogP contribution in [0.1, 0.15) is 22.3 Å². The molecular formula is C18H16FNO3. The van der Waals surface area contributed by atoms with Crippen LogP contribution >= 0.6 is 0 Å². The number of carbonyl (C=O) groups is 2. The Morgan fingerprint density at radius 3 is 2.65 bits per heavy atom. The number of carbonyl (C=O) groups excluding carboxylic acids is 2. The van der Waals surface area contributed by atoms with E-state index < -0.39 is 17.4 Å². The molecule has 23 heavy (non-hydrogen) atoms. The van der Waals surface area contributed by atoms with Crippen LogP contribution in [-0.4, -0.2) is 24.5 Å². The highest BCUT2D eigenvalue weighted by Gasteiger charge is 2.49. The average Bonchev–Trinajstić information content (AvgIpc) is 2.59. The van der Waals surface area contributed by atoms with Crippen LogP contribution in [0.2, 0.25) is 0 Å². The van der Waals surface area contributed by atoms with Crippen LogP contribution in [0, 0.1) is 0 Å². The van der Waals surface area contributed by atoms with Crippen molar-refractivity contribution in [2.45, 2.75) is 18.5 Å². The first-order valence-electron chi connectivity index (χ1n) is 7.32. The third-order valence-electron chi connectivity index (χ3n) is 4.05. The van der Waals surface area contributed by atoms with Gasteiger partial charge in [-0.3, -0.25) is 9.59 Å². The molecule has 4 nitrogen and oxygen atoms in total. The molecule has 1 amide bonds. The molecule has 2 aromatic rings. The quantitative estimate of drug-likeness (QED) is 0.886. The molecule has 1 N–H and O–H groups in total.